The highest BCUT2D eigenvalue weighted by atomic mass is 16.5. The van der Waals surface area contributed by atoms with Gasteiger partial charge in [-0.3, -0.25) is 14.5 Å². The van der Waals surface area contributed by atoms with E-state index in [2.05, 4.69) is 41.4 Å². The third-order valence-electron chi connectivity index (χ3n) is 9.03. The van der Waals surface area contributed by atoms with Crippen LogP contribution in [0.3, 0.4) is 0 Å². The van der Waals surface area contributed by atoms with Gasteiger partial charge >= 0.3 is 0 Å². The van der Waals surface area contributed by atoms with Crippen molar-refractivity contribution in [2.75, 3.05) is 26.2 Å². The molecule has 1 unspecified atom stereocenters. The predicted octanol–water partition coefficient (Wildman–Crippen LogP) is 4.91. The van der Waals surface area contributed by atoms with Crippen molar-refractivity contribution in [2.24, 2.45) is 11.8 Å². The second-order valence-electron chi connectivity index (χ2n) is 11.8. The maximum atomic E-state index is 13.7. The Hall–Kier alpha value is -2.08. The Bertz CT molecular complexity index is 883. The fraction of sp³-hybridized carbons (Fsp3) is 0.733. The number of piperidine rings is 1. The van der Waals surface area contributed by atoms with E-state index < -0.39 is 5.54 Å². The van der Waals surface area contributed by atoms with Crippen LogP contribution in [-0.4, -0.2) is 59.4 Å². The van der Waals surface area contributed by atoms with Crippen molar-refractivity contribution in [3.63, 3.8) is 0 Å². The van der Waals surface area contributed by atoms with E-state index in [4.69, 9.17) is 4.74 Å². The summed E-state index contributed by atoms with van der Waals surface area (Å²) in [5.74, 6) is 2.55. The summed E-state index contributed by atoms with van der Waals surface area (Å²) in [5.41, 5.74) is 0.594. The van der Waals surface area contributed by atoms with Crippen LogP contribution in [0.25, 0.3) is 0 Å². The molecule has 1 aromatic carbocycles. The van der Waals surface area contributed by atoms with Gasteiger partial charge in [-0.1, -0.05) is 57.6 Å². The normalized spacial score (nSPS) is 25.2. The minimum atomic E-state index is -0.674. The van der Waals surface area contributed by atoms with Gasteiger partial charge in [0.1, 0.15) is 17.3 Å². The van der Waals surface area contributed by atoms with E-state index in [1.165, 1.54) is 50.5 Å². The van der Waals surface area contributed by atoms with Gasteiger partial charge in [0.25, 0.3) is 0 Å². The number of piperazine rings is 1. The average molecular weight is 496 g/mol. The number of carbonyl (C=O) groups excluding carboxylic acids is 2. The van der Waals surface area contributed by atoms with Gasteiger partial charge in [-0.15, -0.1) is 0 Å². The molecule has 2 saturated carbocycles. The number of hydrogen-bond donors (Lipinski definition) is 1. The molecule has 2 aliphatic carbocycles. The van der Waals surface area contributed by atoms with E-state index in [1.54, 1.807) is 0 Å². The largest absolute Gasteiger partial charge is 0.493 e. The summed E-state index contributed by atoms with van der Waals surface area (Å²) in [6, 6.07) is 8.14. The summed E-state index contributed by atoms with van der Waals surface area (Å²) in [5, 5.41) is 3.21. The molecule has 4 aliphatic rings. The fourth-order valence-electron chi connectivity index (χ4n) is 6.46. The maximum Gasteiger partial charge on any atom is 0.246 e. The van der Waals surface area contributed by atoms with Crippen LogP contribution in [0.5, 0.6) is 5.75 Å². The minimum absolute atomic E-state index is 0.0934. The molecule has 1 aromatic rings. The van der Waals surface area contributed by atoms with Crippen LogP contribution in [0, 0.1) is 11.8 Å². The highest BCUT2D eigenvalue weighted by molar-refractivity contribution is 6.00. The molecule has 2 heterocycles. The van der Waals surface area contributed by atoms with Crippen molar-refractivity contribution in [3.8, 4) is 5.75 Å². The molecular weight excluding hydrogens is 450 g/mol. The number of hydrogen-bond acceptors (Lipinski definition) is 4. The molecule has 0 bridgehead atoms. The van der Waals surface area contributed by atoms with Crippen molar-refractivity contribution in [3.05, 3.63) is 29.8 Å². The molecule has 6 heteroatoms. The second-order valence-corrected chi connectivity index (χ2v) is 11.8. The molecule has 2 aliphatic heterocycles. The Labute approximate surface area is 217 Å². The Morgan fingerprint density at radius 3 is 2.36 bits per heavy atom. The Morgan fingerprint density at radius 1 is 0.972 bits per heavy atom. The predicted molar refractivity (Wildman–Crippen MR) is 142 cm³/mol. The molecule has 36 heavy (non-hydrogen) atoms. The van der Waals surface area contributed by atoms with E-state index in [0.29, 0.717) is 25.3 Å². The van der Waals surface area contributed by atoms with E-state index in [1.807, 2.05) is 4.90 Å². The number of nitrogens with zero attached hydrogens (tertiary/aromatic N) is 2. The Balaban J connectivity index is 1.19. The molecule has 0 radical (unpaired) electrons. The standard InChI is InChI=1S/C30H45N3O3/c1-2-3-17-33-28(34)27(20-23-7-5-4-6-8-23)31-29(35)30(33)15-18-32(19-16-30)21-24-11-13-26(14-12-24)36-22-25-9-10-25/h11-14,23,25,27H,2-10,15-22H2,1H3,(H,31,35). The number of unbranched alkanes of at least 4 members (excludes halogenated alkanes) is 1. The molecule has 5 rings (SSSR count). The minimum Gasteiger partial charge on any atom is -0.493 e. The van der Waals surface area contributed by atoms with Gasteiger partial charge in [0.15, 0.2) is 0 Å². The molecule has 4 fully saturated rings. The second kappa shape index (κ2) is 11.5. The van der Waals surface area contributed by atoms with Gasteiger partial charge in [-0.25, -0.2) is 0 Å². The van der Waals surface area contributed by atoms with E-state index in [0.717, 1.165) is 57.2 Å². The highest BCUT2D eigenvalue weighted by Gasteiger charge is 2.53. The zero-order valence-corrected chi connectivity index (χ0v) is 22.2. The van der Waals surface area contributed by atoms with Crippen molar-refractivity contribution >= 4 is 11.8 Å². The lowest BCUT2D eigenvalue weighted by Crippen LogP contribution is -2.73. The third-order valence-corrected chi connectivity index (χ3v) is 9.03. The Morgan fingerprint density at radius 2 is 1.69 bits per heavy atom. The Kier molecular flexibility index (Phi) is 8.19. The number of amides is 2. The zero-order chi connectivity index (χ0) is 25.0. The summed E-state index contributed by atoms with van der Waals surface area (Å²) in [7, 11) is 0. The van der Waals surface area contributed by atoms with Crippen LogP contribution in [0.2, 0.25) is 0 Å². The van der Waals surface area contributed by atoms with Crippen LogP contribution in [0.15, 0.2) is 24.3 Å². The van der Waals surface area contributed by atoms with Crippen molar-refractivity contribution < 1.29 is 14.3 Å². The quantitative estimate of drug-likeness (QED) is 0.501. The first-order valence-corrected chi connectivity index (χ1v) is 14.6. The molecule has 1 N–H and O–H groups in total. The monoisotopic (exact) mass is 495 g/mol. The lowest BCUT2D eigenvalue weighted by Gasteiger charge is -2.52. The van der Waals surface area contributed by atoms with E-state index in [9.17, 15) is 9.59 Å². The van der Waals surface area contributed by atoms with Gasteiger partial charge in [-0.05, 0) is 68.1 Å². The molecule has 0 aromatic heterocycles. The summed E-state index contributed by atoms with van der Waals surface area (Å²) in [6.45, 7) is 6.23. The molecule has 1 atom stereocenters. The van der Waals surface area contributed by atoms with Gasteiger partial charge in [0.2, 0.25) is 11.8 Å². The van der Waals surface area contributed by atoms with Crippen LogP contribution in [-0.2, 0) is 16.1 Å². The summed E-state index contributed by atoms with van der Waals surface area (Å²) < 4.78 is 5.88. The van der Waals surface area contributed by atoms with Crippen LogP contribution >= 0.6 is 0 Å². The van der Waals surface area contributed by atoms with Gasteiger partial charge in [0.05, 0.1) is 6.61 Å². The third kappa shape index (κ3) is 5.90. The lowest BCUT2D eigenvalue weighted by atomic mass is 9.79. The van der Waals surface area contributed by atoms with Crippen LogP contribution in [0.1, 0.15) is 89.5 Å². The molecule has 2 saturated heterocycles. The summed E-state index contributed by atoms with van der Waals surface area (Å²) in [6.07, 6.45) is 13.0. The van der Waals surface area contributed by atoms with Crippen LogP contribution < -0.4 is 10.1 Å². The topological polar surface area (TPSA) is 61.9 Å². The number of likely N-dealkylation sites (tertiary alicyclic amines) is 1. The molecule has 6 nitrogen and oxygen atoms in total. The fourth-order valence-corrected chi connectivity index (χ4v) is 6.46. The highest BCUT2D eigenvalue weighted by Crippen LogP contribution is 2.36. The molecular formula is C30H45N3O3. The number of nitrogens with one attached hydrogen (secondary N) is 1. The summed E-state index contributed by atoms with van der Waals surface area (Å²) >= 11 is 0. The van der Waals surface area contributed by atoms with E-state index >= 15 is 0 Å². The zero-order valence-electron chi connectivity index (χ0n) is 22.2. The first kappa shape index (κ1) is 25.6. The summed E-state index contributed by atoms with van der Waals surface area (Å²) in [4.78, 5) is 31.8. The lowest BCUT2D eigenvalue weighted by molar-refractivity contribution is -0.162. The maximum absolute atomic E-state index is 13.7. The van der Waals surface area contributed by atoms with Crippen LogP contribution in [0.4, 0.5) is 0 Å². The van der Waals surface area contributed by atoms with Gasteiger partial charge in [0, 0.05) is 26.2 Å². The molecule has 1 spiro atoms. The van der Waals surface area contributed by atoms with Crippen molar-refractivity contribution in [2.45, 2.75) is 102 Å². The first-order valence-electron chi connectivity index (χ1n) is 14.6. The van der Waals surface area contributed by atoms with Gasteiger partial charge in [-0.2, -0.15) is 0 Å². The first-order chi connectivity index (χ1) is 17.6. The number of ether oxygens (including phenoxy) is 1. The number of rotatable bonds is 10. The number of carbonyl (C=O) groups is 2. The van der Waals surface area contributed by atoms with Gasteiger partial charge < -0.3 is 15.0 Å². The molecule has 2 amide bonds. The smallest absolute Gasteiger partial charge is 0.246 e. The van der Waals surface area contributed by atoms with Crippen molar-refractivity contribution in [1.82, 2.24) is 15.1 Å². The van der Waals surface area contributed by atoms with E-state index in [-0.39, 0.29) is 17.9 Å². The average Bonchev–Trinajstić information content (AvgIpc) is 3.73. The molecule has 198 valence electrons. The van der Waals surface area contributed by atoms with Crippen molar-refractivity contribution in [1.29, 1.82) is 0 Å². The number of benzene rings is 1. The SMILES string of the molecule is CCCCN1C(=O)C(CC2CCCCC2)NC(=O)C12CCN(Cc1ccc(OCC3CC3)cc1)CC2.